The molecule has 0 spiro atoms. The molecular weight excluding hydrogens is 254 g/mol. The molecule has 2 aromatic rings. The molecular formula is C20H27N. The molecule has 0 radical (unpaired) electrons. The molecule has 112 valence electrons. The maximum Gasteiger partial charge on any atom is 0.0577 e. The van der Waals surface area contributed by atoms with Gasteiger partial charge in [-0.3, -0.25) is 0 Å². The smallest absolute Gasteiger partial charge is 0.0577 e. The Morgan fingerprint density at radius 3 is 2.10 bits per heavy atom. The maximum atomic E-state index is 3.50. The van der Waals surface area contributed by atoms with Crippen molar-refractivity contribution in [2.75, 3.05) is 7.05 Å². The van der Waals surface area contributed by atoms with Crippen molar-refractivity contribution in [2.24, 2.45) is 0 Å². The van der Waals surface area contributed by atoms with Crippen LogP contribution in [0.3, 0.4) is 0 Å². The predicted octanol–water partition coefficient (Wildman–Crippen LogP) is 4.68. The van der Waals surface area contributed by atoms with E-state index in [1.54, 1.807) is 0 Å². The molecule has 0 aliphatic heterocycles. The van der Waals surface area contributed by atoms with Crippen LogP contribution in [0.25, 0.3) is 0 Å². The molecule has 0 saturated carbocycles. The second-order valence-electron chi connectivity index (χ2n) is 5.51. The minimum Gasteiger partial charge on any atom is -0.309 e. The molecule has 21 heavy (non-hydrogen) atoms. The number of hydrogen-bond donors (Lipinski definition) is 1. The monoisotopic (exact) mass is 281 g/mol. The summed E-state index contributed by atoms with van der Waals surface area (Å²) in [5.74, 6) is 0. The van der Waals surface area contributed by atoms with Crippen molar-refractivity contribution in [2.45, 2.75) is 46.1 Å². The van der Waals surface area contributed by atoms with Gasteiger partial charge in [0.1, 0.15) is 0 Å². The zero-order valence-corrected chi connectivity index (χ0v) is 13.7. The van der Waals surface area contributed by atoms with Crippen LogP contribution in [0.1, 0.15) is 54.6 Å². The molecule has 0 aromatic heterocycles. The zero-order valence-electron chi connectivity index (χ0n) is 13.7. The van der Waals surface area contributed by atoms with Crippen LogP contribution in [0.2, 0.25) is 0 Å². The van der Waals surface area contributed by atoms with Crippen molar-refractivity contribution < 1.29 is 0 Å². The third-order valence-electron chi connectivity index (χ3n) is 4.36. The van der Waals surface area contributed by atoms with Gasteiger partial charge in [0, 0.05) is 0 Å². The van der Waals surface area contributed by atoms with Crippen LogP contribution in [-0.4, -0.2) is 7.05 Å². The van der Waals surface area contributed by atoms with Crippen LogP contribution < -0.4 is 5.32 Å². The Balaban J connectivity index is 2.46. The topological polar surface area (TPSA) is 12.0 Å². The molecule has 0 amide bonds. The third kappa shape index (κ3) is 3.36. The molecule has 0 aliphatic carbocycles. The Morgan fingerprint density at radius 2 is 1.48 bits per heavy atom. The van der Waals surface area contributed by atoms with Gasteiger partial charge in [0.2, 0.25) is 0 Å². The van der Waals surface area contributed by atoms with Gasteiger partial charge in [-0.25, -0.2) is 0 Å². The molecule has 1 unspecified atom stereocenters. The second kappa shape index (κ2) is 7.42. The first-order valence-electron chi connectivity index (χ1n) is 8.11. The van der Waals surface area contributed by atoms with E-state index in [0.29, 0.717) is 0 Å². The minimum atomic E-state index is 0.275. The summed E-state index contributed by atoms with van der Waals surface area (Å²) < 4.78 is 0. The van der Waals surface area contributed by atoms with E-state index in [9.17, 15) is 0 Å². The quantitative estimate of drug-likeness (QED) is 0.810. The lowest BCUT2D eigenvalue weighted by atomic mass is 9.90. The summed E-state index contributed by atoms with van der Waals surface area (Å²) in [6, 6.07) is 16.0. The van der Waals surface area contributed by atoms with Crippen LogP contribution >= 0.6 is 0 Å². The summed E-state index contributed by atoms with van der Waals surface area (Å²) in [6.45, 7) is 6.70. The van der Waals surface area contributed by atoms with Gasteiger partial charge in [-0.1, -0.05) is 63.2 Å². The minimum absolute atomic E-state index is 0.275. The SMILES string of the molecule is CCc1ccc(C(NC)c2ccccc2CC)cc1CC. The van der Waals surface area contributed by atoms with Crippen molar-refractivity contribution in [1.82, 2.24) is 5.32 Å². The molecule has 1 atom stereocenters. The molecule has 2 aromatic carbocycles. The lowest BCUT2D eigenvalue weighted by Gasteiger charge is -2.21. The normalized spacial score (nSPS) is 12.4. The van der Waals surface area contributed by atoms with Crippen molar-refractivity contribution >= 4 is 0 Å². The average Bonchev–Trinajstić information content (AvgIpc) is 2.55. The van der Waals surface area contributed by atoms with E-state index >= 15 is 0 Å². The summed E-state index contributed by atoms with van der Waals surface area (Å²) >= 11 is 0. The van der Waals surface area contributed by atoms with E-state index in [4.69, 9.17) is 0 Å². The summed E-state index contributed by atoms with van der Waals surface area (Å²) in [5.41, 5.74) is 7.14. The highest BCUT2D eigenvalue weighted by Gasteiger charge is 2.15. The van der Waals surface area contributed by atoms with E-state index in [1.807, 2.05) is 0 Å². The van der Waals surface area contributed by atoms with Crippen LogP contribution in [0.4, 0.5) is 0 Å². The van der Waals surface area contributed by atoms with Gasteiger partial charge in [-0.05, 0) is 54.1 Å². The first-order chi connectivity index (χ1) is 10.2. The Labute approximate surface area is 129 Å². The molecule has 0 bridgehead atoms. The molecule has 1 N–H and O–H groups in total. The number of rotatable bonds is 6. The largest absolute Gasteiger partial charge is 0.309 e. The fraction of sp³-hybridized carbons (Fsp3) is 0.400. The summed E-state index contributed by atoms with van der Waals surface area (Å²) in [6.07, 6.45) is 3.28. The van der Waals surface area contributed by atoms with Crippen molar-refractivity contribution in [3.8, 4) is 0 Å². The first-order valence-corrected chi connectivity index (χ1v) is 8.11. The van der Waals surface area contributed by atoms with Gasteiger partial charge >= 0.3 is 0 Å². The van der Waals surface area contributed by atoms with Crippen molar-refractivity contribution in [3.63, 3.8) is 0 Å². The number of hydrogen-bond acceptors (Lipinski definition) is 1. The molecule has 0 aliphatic rings. The van der Waals surface area contributed by atoms with E-state index in [-0.39, 0.29) is 6.04 Å². The average molecular weight is 281 g/mol. The third-order valence-corrected chi connectivity index (χ3v) is 4.36. The van der Waals surface area contributed by atoms with Gasteiger partial charge in [0.25, 0.3) is 0 Å². The Hall–Kier alpha value is -1.60. The van der Waals surface area contributed by atoms with Gasteiger partial charge < -0.3 is 5.32 Å². The number of nitrogens with one attached hydrogen (secondary N) is 1. The van der Waals surface area contributed by atoms with Crippen LogP contribution in [0, 0.1) is 0 Å². The molecule has 1 nitrogen and oxygen atoms in total. The summed E-state index contributed by atoms with van der Waals surface area (Å²) in [7, 11) is 2.05. The summed E-state index contributed by atoms with van der Waals surface area (Å²) in [4.78, 5) is 0. The molecule has 2 rings (SSSR count). The van der Waals surface area contributed by atoms with Gasteiger partial charge in [-0.2, -0.15) is 0 Å². The second-order valence-corrected chi connectivity index (χ2v) is 5.51. The Kier molecular flexibility index (Phi) is 5.58. The zero-order chi connectivity index (χ0) is 15.2. The van der Waals surface area contributed by atoms with E-state index in [1.165, 1.54) is 27.8 Å². The lowest BCUT2D eigenvalue weighted by Crippen LogP contribution is -2.19. The number of aryl methyl sites for hydroxylation is 3. The van der Waals surface area contributed by atoms with Crippen molar-refractivity contribution in [1.29, 1.82) is 0 Å². The fourth-order valence-electron chi connectivity index (χ4n) is 3.14. The summed E-state index contributed by atoms with van der Waals surface area (Å²) in [5, 5.41) is 3.50. The molecule has 0 fully saturated rings. The molecule has 1 heteroatoms. The highest BCUT2D eigenvalue weighted by atomic mass is 14.9. The lowest BCUT2D eigenvalue weighted by molar-refractivity contribution is 0.682. The van der Waals surface area contributed by atoms with Gasteiger partial charge in [-0.15, -0.1) is 0 Å². The van der Waals surface area contributed by atoms with Gasteiger partial charge in [0.05, 0.1) is 6.04 Å². The molecule has 0 saturated heterocycles. The van der Waals surface area contributed by atoms with Crippen LogP contribution in [0.5, 0.6) is 0 Å². The van der Waals surface area contributed by atoms with Crippen LogP contribution in [0.15, 0.2) is 42.5 Å². The highest BCUT2D eigenvalue weighted by Crippen LogP contribution is 2.27. The fourth-order valence-corrected chi connectivity index (χ4v) is 3.14. The van der Waals surface area contributed by atoms with Crippen molar-refractivity contribution in [3.05, 3.63) is 70.3 Å². The number of benzene rings is 2. The maximum absolute atomic E-state index is 3.50. The van der Waals surface area contributed by atoms with Crippen LogP contribution in [-0.2, 0) is 19.3 Å². The first kappa shape index (κ1) is 15.8. The molecule has 0 heterocycles. The predicted molar refractivity (Wildman–Crippen MR) is 91.9 cm³/mol. The van der Waals surface area contributed by atoms with Gasteiger partial charge in [0.15, 0.2) is 0 Å². The Morgan fingerprint density at radius 1 is 0.810 bits per heavy atom. The highest BCUT2D eigenvalue weighted by molar-refractivity contribution is 5.41. The van der Waals surface area contributed by atoms with E-state index in [2.05, 4.69) is 75.6 Å². The van der Waals surface area contributed by atoms with E-state index in [0.717, 1.165) is 19.3 Å². The van der Waals surface area contributed by atoms with E-state index < -0.39 is 0 Å². The standard InChI is InChI=1S/C20H27N/c1-5-15-12-13-18(14-17(15)7-3)20(21-4)19-11-9-8-10-16(19)6-2/h8-14,20-21H,5-7H2,1-4H3. The Bertz CT molecular complexity index is 586.